The van der Waals surface area contributed by atoms with Crippen LogP contribution in [0.15, 0.2) is 12.1 Å². The smallest absolute Gasteiger partial charge is 0.252 e. The second-order valence-electron chi connectivity index (χ2n) is 7.11. The first-order valence-electron chi connectivity index (χ1n) is 9.01. The second-order valence-corrected chi connectivity index (χ2v) is 7.47. The monoisotopic (exact) mass is 360 g/mol. The van der Waals surface area contributed by atoms with Crippen LogP contribution in [0.4, 0.5) is 0 Å². The Labute approximate surface area is 153 Å². The second kappa shape index (κ2) is 6.48. The fourth-order valence-corrected chi connectivity index (χ4v) is 4.83. The topological polar surface area (TPSA) is 42.0 Å². The summed E-state index contributed by atoms with van der Waals surface area (Å²) in [7, 11) is 3.28. The van der Waals surface area contributed by atoms with Crippen molar-refractivity contribution in [2.24, 2.45) is 0 Å². The zero-order chi connectivity index (χ0) is 17.6. The third-order valence-corrected chi connectivity index (χ3v) is 6.18. The Balaban J connectivity index is 1.64. The van der Waals surface area contributed by atoms with Crippen LogP contribution in [0.3, 0.4) is 0 Å². The number of hydrogen-bond acceptors (Lipinski definition) is 4. The lowest BCUT2D eigenvalue weighted by atomic mass is 9.93. The summed E-state index contributed by atoms with van der Waals surface area (Å²) in [6, 6.07) is 4.14. The number of thiocarbonyl (C=S) groups is 1. The molecule has 25 heavy (non-hydrogen) atoms. The van der Waals surface area contributed by atoms with E-state index in [2.05, 4.69) is 4.90 Å². The number of nitrogens with zero attached hydrogens (tertiary/aromatic N) is 2. The van der Waals surface area contributed by atoms with Gasteiger partial charge in [0.2, 0.25) is 0 Å². The first-order chi connectivity index (χ1) is 12.1. The number of carbonyl (C=O) groups excluding carboxylic acids is 1. The Morgan fingerprint density at radius 3 is 2.32 bits per heavy atom. The van der Waals surface area contributed by atoms with Crippen molar-refractivity contribution in [1.82, 2.24) is 9.80 Å². The lowest BCUT2D eigenvalue weighted by Gasteiger charge is -2.32. The van der Waals surface area contributed by atoms with Crippen LogP contribution in [0, 0.1) is 0 Å². The molecule has 0 N–H and O–H groups in total. The minimum Gasteiger partial charge on any atom is -0.493 e. The maximum atomic E-state index is 13.1. The molecular weight excluding hydrogens is 336 g/mol. The minimum atomic E-state index is -0.167. The van der Waals surface area contributed by atoms with Crippen molar-refractivity contribution < 1.29 is 14.3 Å². The maximum Gasteiger partial charge on any atom is 0.252 e. The molecule has 2 fully saturated rings. The van der Waals surface area contributed by atoms with Crippen molar-refractivity contribution in [3.8, 4) is 11.5 Å². The Morgan fingerprint density at radius 1 is 1.04 bits per heavy atom. The summed E-state index contributed by atoms with van der Waals surface area (Å²) in [4.78, 5) is 17.1. The lowest BCUT2D eigenvalue weighted by Crippen LogP contribution is -2.42. The van der Waals surface area contributed by atoms with Crippen LogP contribution < -0.4 is 9.47 Å². The average molecular weight is 360 g/mol. The van der Waals surface area contributed by atoms with E-state index >= 15 is 0 Å². The van der Waals surface area contributed by atoms with E-state index in [1.165, 1.54) is 19.3 Å². The van der Waals surface area contributed by atoms with E-state index in [-0.39, 0.29) is 18.0 Å². The van der Waals surface area contributed by atoms with Gasteiger partial charge < -0.3 is 14.4 Å². The first kappa shape index (κ1) is 16.6. The molecule has 1 amide bonds. The number of benzene rings is 1. The molecule has 134 valence electrons. The standard InChI is InChI=1S/C19H24N2O3S/c1-23-16-9-12-8-15-18(22)21(14-6-4-3-5-7-14)19(25)20(15)11-13(12)10-17(16)24-2/h9-10,14-15H,3-8,11H2,1-2H3/t15-/m0/s1. The minimum absolute atomic E-state index is 0.167. The molecule has 1 saturated heterocycles. The molecule has 0 aromatic heterocycles. The van der Waals surface area contributed by atoms with E-state index in [1.807, 2.05) is 17.0 Å². The van der Waals surface area contributed by atoms with Gasteiger partial charge in [-0.25, -0.2) is 0 Å². The summed E-state index contributed by atoms with van der Waals surface area (Å²) >= 11 is 5.71. The normalized spacial score (nSPS) is 23.5. The Hall–Kier alpha value is -1.82. The van der Waals surface area contributed by atoms with Crippen LogP contribution in [0.5, 0.6) is 11.5 Å². The molecule has 1 aliphatic carbocycles. The molecule has 6 heteroatoms. The molecule has 3 aliphatic rings. The fourth-order valence-electron chi connectivity index (χ4n) is 4.40. The quantitative estimate of drug-likeness (QED) is 0.776. The van der Waals surface area contributed by atoms with Crippen molar-refractivity contribution in [3.63, 3.8) is 0 Å². The average Bonchev–Trinajstić information content (AvgIpc) is 2.89. The Bertz CT molecular complexity index is 664. The zero-order valence-electron chi connectivity index (χ0n) is 14.8. The Morgan fingerprint density at radius 2 is 1.68 bits per heavy atom. The highest BCUT2D eigenvalue weighted by Crippen LogP contribution is 2.38. The lowest BCUT2D eigenvalue weighted by molar-refractivity contribution is -0.130. The van der Waals surface area contributed by atoms with Crippen molar-refractivity contribution >= 4 is 23.2 Å². The van der Waals surface area contributed by atoms with E-state index < -0.39 is 0 Å². The molecule has 0 unspecified atom stereocenters. The van der Waals surface area contributed by atoms with Crippen molar-refractivity contribution in [3.05, 3.63) is 23.3 Å². The van der Waals surface area contributed by atoms with Gasteiger partial charge in [-0.05, 0) is 48.3 Å². The van der Waals surface area contributed by atoms with E-state index in [9.17, 15) is 4.79 Å². The van der Waals surface area contributed by atoms with Crippen LogP contribution in [-0.2, 0) is 17.8 Å². The Kier molecular flexibility index (Phi) is 4.31. The predicted molar refractivity (Wildman–Crippen MR) is 98.9 cm³/mol. The summed E-state index contributed by atoms with van der Waals surface area (Å²) in [6.45, 7) is 0.661. The van der Waals surface area contributed by atoms with Gasteiger partial charge in [0.05, 0.1) is 14.2 Å². The molecule has 1 atom stereocenters. The SMILES string of the molecule is COc1cc2c(cc1OC)CN1C(=S)N(C3CCCCC3)C(=O)[C@@H]1C2. The van der Waals surface area contributed by atoms with Crippen LogP contribution >= 0.6 is 12.2 Å². The van der Waals surface area contributed by atoms with Crippen molar-refractivity contribution in [2.45, 2.75) is 57.2 Å². The molecule has 0 radical (unpaired) electrons. The molecule has 2 aliphatic heterocycles. The molecule has 1 saturated carbocycles. The summed E-state index contributed by atoms with van der Waals surface area (Å²) in [5.74, 6) is 1.62. The van der Waals surface area contributed by atoms with E-state index in [1.54, 1.807) is 14.2 Å². The predicted octanol–water partition coefficient (Wildman–Crippen LogP) is 2.89. The summed E-state index contributed by atoms with van der Waals surface area (Å²) in [5.41, 5.74) is 2.31. The summed E-state index contributed by atoms with van der Waals surface area (Å²) in [5, 5.41) is 0.710. The molecule has 5 nitrogen and oxygen atoms in total. The third-order valence-electron chi connectivity index (χ3n) is 5.75. The molecule has 0 spiro atoms. The number of carbonyl (C=O) groups is 1. The summed E-state index contributed by atoms with van der Waals surface area (Å²) in [6.07, 6.45) is 6.47. The molecule has 0 bridgehead atoms. The van der Waals surface area contributed by atoms with E-state index in [0.717, 1.165) is 29.7 Å². The molecule has 1 aromatic carbocycles. The highest BCUT2D eigenvalue weighted by atomic mass is 32.1. The first-order valence-corrected chi connectivity index (χ1v) is 9.42. The number of methoxy groups -OCH3 is 2. The van der Waals surface area contributed by atoms with Crippen LogP contribution in [-0.4, -0.2) is 47.1 Å². The van der Waals surface area contributed by atoms with Gasteiger partial charge in [0.25, 0.3) is 5.91 Å². The van der Waals surface area contributed by atoms with Gasteiger partial charge in [-0.1, -0.05) is 19.3 Å². The van der Waals surface area contributed by atoms with Gasteiger partial charge in [0.15, 0.2) is 16.6 Å². The molecule has 2 heterocycles. The largest absolute Gasteiger partial charge is 0.493 e. The molecular formula is C19H24N2O3S. The summed E-state index contributed by atoms with van der Waals surface area (Å²) < 4.78 is 10.8. The fraction of sp³-hybridized carbons (Fsp3) is 0.579. The van der Waals surface area contributed by atoms with Crippen LogP contribution in [0.25, 0.3) is 0 Å². The highest BCUT2D eigenvalue weighted by Gasteiger charge is 2.47. The van der Waals surface area contributed by atoms with Crippen LogP contribution in [0.2, 0.25) is 0 Å². The number of rotatable bonds is 3. The van der Waals surface area contributed by atoms with E-state index in [0.29, 0.717) is 23.8 Å². The van der Waals surface area contributed by atoms with Crippen LogP contribution in [0.1, 0.15) is 43.2 Å². The molecule has 4 rings (SSSR count). The number of fused-ring (bicyclic) bond motifs is 2. The zero-order valence-corrected chi connectivity index (χ0v) is 15.6. The van der Waals surface area contributed by atoms with Gasteiger partial charge in [0.1, 0.15) is 6.04 Å². The third kappa shape index (κ3) is 2.67. The van der Waals surface area contributed by atoms with Crippen molar-refractivity contribution in [1.29, 1.82) is 0 Å². The van der Waals surface area contributed by atoms with E-state index in [4.69, 9.17) is 21.7 Å². The van der Waals surface area contributed by atoms with Gasteiger partial charge >= 0.3 is 0 Å². The number of ether oxygens (including phenoxy) is 2. The van der Waals surface area contributed by atoms with Gasteiger partial charge in [-0.15, -0.1) is 0 Å². The molecule has 1 aromatic rings. The van der Waals surface area contributed by atoms with Crippen molar-refractivity contribution in [2.75, 3.05) is 14.2 Å². The maximum absolute atomic E-state index is 13.1. The highest BCUT2D eigenvalue weighted by molar-refractivity contribution is 7.80. The number of amides is 1. The van der Waals surface area contributed by atoms with Gasteiger partial charge in [-0.2, -0.15) is 0 Å². The number of hydrogen-bond donors (Lipinski definition) is 0. The van der Waals surface area contributed by atoms with Gasteiger partial charge in [0, 0.05) is 19.0 Å². The van der Waals surface area contributed by atoms with Gasteiger partial charge in [-0.3, -0.25) is 9.69 Å².